The molecule has 168 valence electrons. The van der Waals surface area contributed by atoms with Crippen LogP contribution in [0.2, 0.25) is 0 Å². The molecule has 4 heterocycles. The summed E-state index contributed by atoms with van der Waals surface area (Å²) in [7, 11) is 0. The molecule has 4 aliphatic rings. The molecule has 0 aromatic carbocycles. The number of hydrogen-bond donors (Lipinski definition) is 1. The topological polar surface area (TPSA) is 95.1 Å². The van der Waals surface area contributed by atoms with E-state index in [1.54, 1.807) is 5.51 Å². The number of hydrogen-bond acceptors (Lipinski definition) is 7. The van der Waals surface area contributed by atoms with Gasteiger partial charge in [0.1, 0.15) is 11.0 Å². The van der Waals surface area contributed by atoms with Crippen molar-refractivity contribution in [1.82, 2.24) is 25.0 Å². The van der Waals surface area contributed by atoms with E-state index in [0.717, 1.165) is 18.7 Å². The lowest BCUT2D eigenvalue weighted by atomic mass is 9.85. The third kappa shape index (κ3) is 4.03. The zero-order chi connectivity index (χ0) is 21.5. The molecule has 31 heavy (non-hydrogen) atoms. The van der Waals surface area contributed by atoms with E-state index in [-0.39, 0.29) is 36.1 Å². The molecular formula is C21H29N5O4S. The second-order valence-electron chi connectivity index (χ2n) is 9.15. The van der Waals surface area contributed by atoms with Gasteiger partial charge in [-0.3, -0.25) is 19.4 Å². The van der Waals surface area contributed by atoms with Crippen molar-refractivity contribution in [2.75, 3.05) is 39.3 Å². The van der Waals surface area contributed by atoms with Crippen LogP contribution in [0.25, 0.3) is 0 Å². The zero-order valence-corrected chi connectivity index (χ0v) is 18.6. The third-order valence-corrected chi connectivity index (χ3v) is 8.01. The summed E-state index contributed by atoms with van der Waals surface area (Å²) in [6, 6.07) is -0.107. The fourth-order valence-electron chi connectivity index (χ4n) is 5.11. The number of fused-ring (bicyclic) bond motifs is 1. The maximum atomic E-state index is 12.8. The first-order chi connectivity index (χ1) is 15.0. The van der Waals surface area contributed by atoms with Crippen LogP contribution in [0, 0.1) is 12.8 Å². The predicted octanol–water partition coefficient (Wildman–Crippen LogP) is 1.09. The minimum Gasteiger partial charge on any atom is -0.442 e. The molecule has 0 bridgehead atoms. The van der Waals surface area contributed by atoms with Crippen LogP contribution >= 0.6 is 11.3 Å². The maximum absolute atomic E-state index is 12.8. The number of carbonyl (C=O) groups is 3. The molecule has 0 radical (unpaired) electrons. The number of aryl methyl sites for hydroxylation is 1. The lowest BCUT2D eigenvalue weighted by Crippen LogP contribution is -2.47. The number of rotatable bonds is 6. The van der Waals surface area contributed by atoms with Crippen LogP contribution in [-0.2, 0) is 9.53 Å². The second kappa shape index (κ2) is 8.38. The molecule has 4 fully saturated rings. The summed E-state index contributed by atoms with van der Waals surface area (Å²) >= 11 is 1.36. The van der Waals surface area contributed by atoms with Gasteiger partial charge < -0.3 is 15.0 Å². The SMILES string of the molecule is Cc1ncsc1C(=O)N1CCC(N2C(=O)O[C@H]3CN(CC(=O)NCC4CCC4)C[C@H]32)C1. The number of amides is 3. The van der Waals surface area contributed by atoms with E-state index in [1.165, 1.54) is 30.6 Å². The van der Waals surface area contributed by atoms with E-state index in [4.69, 9.17) is 4.74 Å². The highest BCUT2D eigenvalue weighted by Gasteiger charge is 2.51. The monoisotopic (exact) mass is 447 g/mol. The molecule has 3 atom stereocenters. The highest BCUT2D eigenvalue weighted by Crippen LogP contribution is 2.32. The van der Waals surface area contributed by atoms with Crippen molar-refractivity contribution < 1.29 is 19.1 Å². The molecule has 10 heteroatoms. The van der Waals surface area contributed by atoms with Gasteiger partial charge in [0.25, 0.3) is 5.91 Å². The normalized spacial score (nSPS) is 28.5. The van der Waals surface area contributed by atoms with E-state index in [1.807, 2.05) is 16.7 Å². The van der Waals surface area contributed by atoms with Crippen molar-refractivity contribution in [2.24, 2.45) is 5.92 Å². The Morgan fingerprint density at radius 1 is 1.26 bits per heavy atom. The van der Waals surface area contributed by atoms with Crippen LogP contribution in [-0.4, -0.2) is 95.0 Å². The molecule has 1 aliphatic carbocycles. The number of aromatic nitrogens is 1. The first-order valence-electron chi connectivity index (χ1n) is 11.2. The van der Waals surface area contributed by atoms with Gasteiger partial charge in [-0.15, -0.1) is 11.3 Å². The van der Waals surface area contributed by atoms with Crippen molar-refractivity contribution in [2.45, 2.75) is 50.8 Å². The lowest BCUT2D eigenvalue weighted by Gasteiger charge is -2.28. The highest BCUT2D eigenvalue weighted by molar-refractivity contribution is 7.11. The number of thiazole rings is 1. The lowest BCUT2D eigenvalue weighted by molar-refractivity contribution is -0.122. The Balaban J connectivity index is 1.16. The summed E-state index contributed by atoms with van der Waals surface area (Å²) in [6.07, 6.45) is 3.93. The first kappa shape index (κ1) is 20.7. The molecule has 1 unspecified atom stereocenters. The number of carbonyl (C=O) groups excluding carboxylic acids is 3. The van der Waals surface area contributed by atoms with Gasteiger partial charge >= 0.3 is 6.09 Å². The van der Waals surface area contributed by atoms with Gasteiger partial charge in [0.15, 0.2) is 0 Å². The van der Waals surface area contributed by atoms with Gasteiger partial charge in [-0.1, -0.05) is 6.42 Å². The van der Waals surface area contributed by atoms with Gasteiger partial charge in [-0.05, 0) is 32.1 Å². The predicted molar refractivity (Wildman–Crippen MR) is 114 cm³/mol. The van der Waals surface area contributed by atoms with Crippen molar-refractivity contribution in [3.05, 3.63) is 16.1 Å². The molecule has 0 spiro atoms. The molecule has 1 aromatic heterocycles. The molecular weight excluding hydrogens is 418 g/mol. The fourth-order valence-corrected chi connectivity index (χ4v) is 5.88. The average molecular weight is 448 g/mol. The maximum Gasteiger partial charge on any atom is 0.410 e. The minimum absolute atomic E-state index is 0.0113. The zero-order valence-electron chi connectivity index (χ0n) is 17.8. The van der Waals surface area contributed by atoms with Crippen molar-refractivity contribution in [1.29, 1.82) is 0 Å². The summed E-state index contributed by atoms with van der Waals surface area (Å²) in [5, 5.41) is 3.04. The number of likely N-dealkylation sites (tertiary alicyclic amines) is 2. The quantitative estimate of drug-likeness (QED) is 0.702. The molecule has 9 nitrogen and oxygen atoms in total. The molecule has 3 amide bonds. The van der Waals surface area contributed by atoms with E-state index < -0.39 is 0 Å². The fraction of sp³-hybridized carbons (Fsp3) is 0.714. The summed E-state index contributed by atoms with van der Waals surface area (Å²) in [6.45, 7) is 5.29. The van der Waals surface area contributed by atoms with Crippen LogP contribution in [0.4, 0.5) is 4.79 Å². The third-order valence-electron chi connectivity index (χ3n) is 7.10. The number of nitrogens with one attached hydrogen (secondary N) is 1. The standard InChI is InChI=1S/C21H29N5O4S/c1-13-19(31-12-23-13)20(28)25-6-5-15(8-25)26-16-9-24(10-17(16)30-21(26)29)11-18(27)22-7-14-3-2-4-14/h12,14-17H,2-11H2,1H3,(H,22,27)/t15?,16-,17+/m1/s1. The van der Waals surface area contributed by atoms with Crippen LogP contribution in [0.1, 0.15) is 41.0 Å². The summed E-state index contributed by atoms with van der Waals surface area (Å²) in [5.41, 5.74) is 2.44. The van der Waals surface area contributed by atoms with Gasteiger partial charge in [0.2, 0.25) is 5.91 Å². The van der Waals surface area contributed by atoms with Gasteiger partial charge in [-0.2, -0.15) is 0 Å². The smallest absolute Gasteiger partial charge is 0.410 e. The van der Waals surface area contributed by atoms with Gasteiger partial charge in [-0.25, -0.2) is 9.78 Å². The summed E-state index contributed by atoms with van der Waals surface area (Å²) in [5.74, 6) is 0.672. The Hall–Kier alpha value is -2.20. The Morgan fingerprint density at radius 3 is 2.81 bits per heavy atom. The summed E-state index contributed by atoms with van der Waals surface area (Å²) in [4.78, 5) is 48.2. The Labute approximate surface area is 185 Å². The van der Waals surface area contributed by atoms with Crippen LogP contribution in [0.15, 0.2) is 5.51 Å². The highest BCUT2D eigenvalue weighted by atomic mass is 32.1. The van der Waals surface area contributed by atoms with Crippen LogP contribution in [0.5, 0.6) is 0 Å². The van der Waals surface area contributed by atoms with E-state index in [9.17, 15) is 14.4 Å². The van der Waals surface area contributed by atoms with Crippen LogP contribution in [0.3, 0.4) is 0 Å². The Kier molecular flexibility index (Phi) is 5.60. The molecule has 3 aliphatic heterocycles. The summed E-state index contributed by atoms with van der Waals surface area (Å²) < 4.78 is 5.64. The molecule has 1 N–H and O–H groups in total. The van der Waals surface area contributed by atoms with Crippen LogP contribution < -0.4 is 5.32 Å². The van der Waals surface area contributed by atoms with Crippen molar-refractivity contribution >= 4 is 29.2 Å². The molecule has 1 aromatic rings. The molecule has 1 saturated carbocycles. The van der Waals surface area contributed by atoms with Crippen molar-refractivity contribution in [3.63, 3.8) is 0 Å². The minimum atomic E-state index is -0.294. The Bertz CT molecular complexity index is 872. The van der Waals surface area contributed by atoms with Gasteiger partial charge in [0, 0.05) is 32.7 Å². The van der Waals surface area contributed by atoms with E-state index in [2.05, 4.69) is 15.2 Å². The molecule has 3 saturated heterocycles. The number of ether oxygens (including phenoxy) is 1. The first-order valence-corrected chi connectivity index (χ1v) is 12.0. The average Bonchev–Trinajstić information content (AvgIpc) is 3.44. The Morgan fingerprint density at radius 2 is 2.10 bits per heavy atom. The number of nitrogens with zero attached hydrogens (tertiary/aromatic N) is 4. The van der Waals surface area contributed by atoms with Gasteiger partial charge in [0.05, 0.1) is 29.8 Å². The second-order valence-corrected chi connectivity index (χ2v) is 10.0. The van der Waals surface area contributed by atoms with E-state index >= 15 is 0 Å². The van der Waals surface area contributed by atoms with Crippen molar-refractivity contribution in [3.8, 4) is 0 Å². The largest absolute Gasteiger partial charge is 0.442 e. The van der Waals surface area contributed by atoms with E-state index in [0.29, 0.717) is 43.5 Å². The molecule has 5 rings (SSSR count).